The van der Waals surface area contributed by atoms with Crippen molar-refractivity contribution >= 4 is 12.6 Å². The highest BCUT2D eigenvalue weighted by molar-refractivity contribution is 6.58. The number of hydrogen-bond donors (Lipinski definition) is 2. The molecular weight excluding hydrogens is 330 g/mol. The summed E-state index contributed by atoms with van der Waals surface area (Å²) >= 11 is 0. The molecule has 5 heteroatoms. The lowest BCUT2D eigenvalue weighted by atomic mass is 9.79. The van der Waals surface area contributed by atoms with Gasteiger partial charge in [-0.2, -0.15) is 0 Å². The van der Waals surface area contributed by atoms with Gasteiger partial charge in [-0.1, -0.05) is 48.2 Å². The third-order valence-corrected chi connectivity index (χ3v) is 3.73. The molecule has 0 saturated carbocycles. The fraction of sp³-hybridized carbons (Fsp3) is 0.0476. The minimum Gasteiger partial charge on any atom is -0.489 e. The van der Waals surface area contributed by atoms with Crippen LogP contribution in [0.25, 0.3) is 0 Å². The highest BCUT2D eigenvalue weighted by Crippen LogP contribution is 2.14. The number of ether oxygens (including phenoxy) is 1. The van der Waals surface area contributed by atoms with Crippen LogP contribution >= 0.6 is 0 Å². The molecule has 26 heavy (non-hydrogen) atoms. The Labute approximate surface area is 151 Å². The standard InChI is InChI=1S/C21H16BFO3/c23-21-14-17(10-13-20(21)22(24)25)7-6-16-8-11-19(12-9-16)26-15-18-4-2-1-3-5-18/h1-5,8-14,24-25H,15H2. The summed E-state index contributed by atoms with van der Waals surface area (Å²) in [5, 5.41) is 18.0. The largest absolute Gasteiger partial charge is 0.491 e. The zero-order valence-electron chi connectivity index (χ0n) is 13.9. The molecule has 128 valence electrons. The van der Waals surface area contributed by atoms with Gasteiger partial charge in [0.1, 0.15) is 18.2 Å². The maximum Gasteiger partial charge on any atom is 0.491 e. The highest BCUT2D eigenvalue weighted by Gasteiger charge is 2.15. The van der Waals surface area contributed by atoms with Crippen molar-refractivity contribution in [2.45, 2.75) is 6.61 Å². The van der Waals surface area contributed by atoms with Crippen molar-refractivity contribution in [3.05, 3.63) is 95.3 Å². The first-order chi connectivity index (χ1) is 12.6. The molecule has 0 spiro atoms. The second-order valence-corrected chi connectivity index (χ2v) is 5.66. The minimum atomic E-state index is -1.83. The van der Waals surface area contributed by atoms with Gasteiger partial charge in [-0.25, -0.2) is 4.39 Å². The molecule has 0 unspecified atom stereocenters. The molecule has 0 aliphatic heterocycles. The second kappa shape index (κ2) is 8.35. The fourth-order valence-electron chi connectivity index (χ4n) is 2.33. The summed E-state index contributed by atoms with van der Waals surface area (Å²) in [6, 6.07) is 21.2. The fourth-order valence-corrected chi connectivity index (χ4v) is 2.33. The summed E-state index contributed by atoms with van der Waals surface area (Å²) in [6.07, 6.45) is 0. The molecule has 0 saturated heterocycles. The van der Waals surface area contributed by atoms with E-state index in [1.54, 1.807) is 6.07 Å². The Balaban J connectivity index is 1.65. The monoisotopic (exact) mass is 346 g/mol. The Hall–Kier alpha value is -3.07. The van der Waals surface area contributed by atoms with Crippen LogP contribution in [0.1, 0.15) is 16.7 Å². The summed E-state index contributed by atoms with van der Waals surface area (Å²) in [5.41, 5.74) is 2.14. The van der Waals surface area contributed by atoms with Crippen LogP contribution in [0.4, 0.5) is 4.39 Å². The van der Waals surface area contributed by atoms with Gasteiger partial charge in [-0.15, -0.1) is 0 Å². The predicted molar refractivity (Wildman–Crippen MR) is 99.4 cm³/mol. The summed E-state index contributed by atoms with van der Waals surface area (Å²) < 4.78 is 19.4. The lowest BCUT2D eigenvalue weighted by Crippen LogP contribution is -2.32. The maximum atomic E-state index is 13.7. The quantitative estimate of drug-likeness (QED) is 0.564. The molecule has 0 aliphatic rings. The third kappa shape index (κ3) is 4.73. The lowest BCUT2D eigenvalue weighted by molar-refractivity contribution is 0.306. The first-order valence-corrected chi connectivity index (χ1v) is 8.06. The van der Waals surface area contributed by atoms with Gasteiger partial charge in [0.15, 0.2) is 0 Å². The lowest BCUT2D eigenvalue weighted by Gasteiger charge is -2.06. The van der Waals surface area contributed by atoms with Gasteiger partial charge in [0, 0.05) is 16.6 Å². The molecule has 0 fully saturated rings. The van der Waals surface area contributed by atoms with Crippen LogP contribution in [0.5, 0.6) is 5.75 Å². The van der Waals surface area contributed by atoms with Gasteiger partial charge in [0.25, 0.3) is 0 Å². The number of halogens is 1. The molecule has 2 N–H and O–H groups in total. The first kappa shape index (κ1) is 17.7. The first-order valence-electron chi connectivity index (χ1n) is 8.06. The minimum absolute atomic E-state index is 0.171. The van der Waals surface area contributed by atoms with Gasteiger partial charge in [-0.3, -0.25) is 0 Å². The average Bonchev–Trinajstić information content (AvgIpc) is 2.66. The van der Waals surface area contributed by atoms with Crippen LogP contribution < -0.4 is 10.2 Å². The Kier molecular flexibility index (Phi) is 5.70. The number of rotatable bonds is 4. The van der Waals surface area contributed by atoms with Gasteiger partial charge in [0.05, 0.1) is 0 Å². The Morgan fingerprint density at radius 1 is 0.846 bits per heavy atom. The molecule has 3 aromatic carbocycles. The summed E-state index contributed by atoms with van der Waals surface area (Å²) in [5.74, 6) is 5.84. The predicted octanol–water partition coefficient (Wildman–Crippen LogP) is 2.48. The van der Waals surface area contributed by atoms with Crippen molar-refractivity contribution in [1.82, 2.24) is 0 Å². The molecule has 0 aromatic heterocycles. The average molecular weight is 346 g/mol. The van der Waals surface area contributed by atoms with Crippen molar-refractivity contribution < 1.29 is 19.2 Å². The molecule has 0 atom stereocenters. The van der Waals surface area contributed by atoms with Crippen LogP contribution in [0.15, 0.2) is 72.8 Å². The van der Waals surface area contributed by atoms with E-state index >= 15 is 0 Å². The van der Waals surface area contributed by atoms with Gasteiger partial charge >= 0.3 is 7.12 Å². The van der Waals surface area contributed by atoms with Gasteiger partial charge < -0.3 is 14.8 Å². The third-order valence-electron chi connectivity index (χ3n) is 3.73. The van der Waals surface area contributed by atoms with Crippen LogP contribution in [-0.2, 0) is 6.61 Å². The topological polar surface area (TPSA) is 49.7 Å². The molecule has 0 heterocycles. The molecule has 3 aromatic rings. The molecule has 0 radical (unpaired) electrons. The smallest absolute Gasteiger partial charge is 0.489 e. The van der Waals surface area contributed by atoms with Gasteiger partial charge in [-0.05, 0) is 42.0 Å². The highest BCUT2D eigenvalue weighted by atomic mass is 19.1. The van der Waals surface area contributed by atoms with E-state index in [-0.39, 0.29) is 5.46 Å². The summed E-state index contributed by atoms with van der Waals surface area (Å²) in [4.78, 5) is 0. The van der Waals surface area contributed by atoms with Crippen molar-refractivity contribution in [3.8, 4) is 17.6 Å². The molecule has 0 aliphatic carbocycles. The van der Waals surface area contributed by atoms with E-state index in [0.29, 0.717) is 12.2 Å². The van der Waals surface area contributed by atoms with E-state index in [0.717, 1.165) is 16.9 Å². The Morgan fingerprint density at radius 2 is 1.50 bits per heavy atom. The Bertz CT molecular complexity index is 929. The zero-order valence-corrected chi connectivity index (χ0v) is 13.9. The Morgan fingerprint density at radius 3 is 2.15 bits per heavy atom. The SMILES string of the molecule is OB(O)c1ccc(C#Cc2ccc(OCc3ccccc3)cc2)cc1F. The zero-order chi connectivity index (χ0) is 18.4. The van der Waals surface area contributed by atoms with Crippen LogP contribution in [-0.4, -0.2) is 17.2 Å². The second-order valence-electron chi connectivity index (χ2n) is 5.66. The van der Waals surface area contributed by atoms with Crippen molar-refractivity contribution in [1.29, 1.82) is 0 Å². The number of benzene rings is 3. The van der Waals surface area contributed by atoms with E-state index in [1.165, 1.54) is 12.1 Å². The molecular formula is C21H16BFO3. The van der Waals surface area contributed by atoms with Crippen LogP contribution in [0, 0.1) is 17.7 Å². The normalized spacial score (nSPS) is 9.96. The summed E-state index contributed by atoms with van der Waals surface area (Å²) in [7, 11) is -1.83. The molecule has 3 nitrogen and oxygen atoms in total. The molecule has 3 rings (SSSR count). The van der Waals surface area contributed by atoms with Crippen molar-refractivity contribution in [2.24, 2.45) is 0 Å². The van der Waals surface area contributed by atoms with Gasteiger partial charge in [0.2, 0.25) is 0 Å². The van der Waals surface area contributed by atoms with E-state index in [4.69, 9.17) is 14.8 Å². The van der Waals surface area contributed by atoms with Crippen molar-refractivity contribution in [3.63, 3.8) is 0 Å². The van der Waals surface area contributed by atoms with E-state index in [9.17, 15) is 4.39 Å². The molecule has 0 bridgehead atoms. The summed E-state index contributed by atoms with van der Waals surface area (Å²) in [6.45, 7) is 0.494. The van der Waals surface area contributed by atoms with Crippen molar-refractivity contribution in [2.75, 3.05) is 0 Å². The van der Waals surface area contributed by atoms with E-state index in [2.05, 4.69) is 11.8 Å². The molecule has 0 amide bonds. The van der Waals surface area contributed by atoms with Crippen LogP contribution in [0.3, 0.4) is 0 Å². The van der Waals surface area contributed by atoms with E-state index in [1.807, 2.05) is 54.6 Å². The van der Waals surface area contributed by atoms with E-state index < -0.39 is 12.9 Å². The number of hydrogen-bond acceptors (Lipinski definition) is 3. The van der Waals surface area contributed by atoms with Crippen LogP contribution in [0.2, 0.25) is 0 Å². The maximum absolute atomic E-state index is 13.7.